The zero-order chi connectivity index (χ0) is 30.6. The van der Waals surface area contributed by atoms with Crippen LogP contribution < -0.4 is 16.4 Å². The molecule has 2 saturated heterocycles. The lowest BCUT2D eigenvalue weighted by Crippen LogP contribution is -2.61. The van der Waals surface area contributed by atoms with Crippen LogP contribution in [0.2, 0.25) is 0 Å². The number of hydrogen-bond donors (Lipinski definition) is 3. The third-order valence-corrected chi connectivity index (χ3v) is 8.20. The van der Waals surface area contributed by atoms with E-state index in [0.29, 0.717) is 48.8 Å². The lowest BCUT2D eigenvalue weighted by atomic mass is 9.64. The Labute approximate surface area is 244 Å². The highest BCUT2D eigenvalue weighted by Gasteiger charge is 2.55. The number of anilines is 2. The van der Waals surface area contributed by atoms with E-state index in [9.17, 15) is 22.8 Å². The highest BCUT2D eigenvalue weighted by atomic mass is 19.4. The number of hydrogen-bond acceptors (Lipinski definition) is 8. The third kappa shape index (κ3) is 5.01. The minimum atomic E-state index is -4.56. The quantitative estimate of drug-likeness (QED) is 0.304. The number of ketones is 1. The maximum atomic E-state index is 14.3. The van der Waals surface area contributed by atoms with Gasteiger partial charge >= 0.3 is 6.18 Å². The number of carbonyl (C=O) groups is 2. The standard InChI is InChI=1S/C30H30F3N7O3/c1-17-12-29(14-35-13-17,26(42)28(2)15-43-16-28)27-39-22(23-24(34)37-9-10-40(23)27)18-3-5-19(6-4-18)25(41)38-21-11-20(7-8-36-21)30(31,32)33/h3-11,17,35H,12-16H2,1-2H3,(H2,34,37)(H,36,38,41)/t17-,29+/m1/s1. The van der Waals surface area contributed by atoms with Crippen molar-refractivity contribution in [2.75, 3.05) is 37.4 Å². The number of aromatic nitrogens is 4. The van der Waals surface area contributed by atoms with Gasteiger partial charge in [0, 0.05) is 36.3 Å². The summed E-state index contributed by atoms with van der Waals surface area (Å²) in [6.45, 7) is 5.91. The summed E-state index contributed by atoms with van der Waals surface area (Å²) in [5.74, 6) is 0.212. The number of nitrogen functional groups attached to an aromatic ring is 1. The second-order valence-electron chi connectivity index (χ2n) is 11.7. The number of piperidine rings is 1. The van der Waals surface area contributed by atoms with Crippen molar-refractivity contribution in [2.45, 2.75) is 31.9 Å². The fraction of sp³-hybridized carbons (Fsp3) is 0.367. The molecule has 0 unspecified atom stereocenters. The molecule has 0 aliphatic carbocycles. The van der Waals surface area contributed by atoms with Crippen LogP contribution in [0.4, 0.5) is 24.8 Å². The van der Waals surface area contributed by atoms with E-state index in [0.717, 1.165) is 24.9 Å². The molecule has 1 aromatic carbocycles. The van der Waals surface area contributed by atoms with Gasteiger partial charge in [0.05, 0.1) is 24.2 Å². The largest absolute Gasteiger partial charge is 0.416 e. The van der Waals surface area contributed by atoms with E-state index in [-0.39, 0.29) is 28.9 Å². The molecular weight excluding hydrogens is 563 g/mol. The van der Waals surface area contributed by atoms with Crippen LogP contribution in [0.25, 0.3) is 16.8 Å². The topological polar surface area (TPSA) is 137 Å². The highest BCUT2D eigenvalue weighted by molar-refractivity contribution is 6.04. The molecule has 2 atom stereocenters. The van der Waals surface area contributed by atoms with Crippen LogP contribution >= 0.6 is 0 Å². The Morgan fingerprint density at radius 3 is 2.53 bits per heavy atom. The van der Waals surface area contributed by atoms with Crippen LogP contribution in [0.3, 0.4) is 0 Å². The summed E-state index contributed by atoms with van der Waals surface area (Å²) < 4.78 is 46.5. The van der Waals surface area contributed by atoms with E-state index in [1.165, 1.54) is 12.1 Å². The Morgan fingerprint density at radius 2 is 1.88 bits per heavy atom. The van der Waals surface area contributed by atoms with Gasteiger partial charge in [-0.25, -0.2) is 15.0 Å². The van der Waals surface area contributed by atoms with E-state index >= 15 is 0 Å². The second kappa shape index (κ2) is 10.4. The zero-order valence-corrected chi connectivity index (χ0v) is 23.5. The number of imidazole rings is 1. The number of nitrogens with two attached hydrogens (primary N) is 1. The summed E-state index contributed by atoms with van der Waals surface area (Å²) in [5.41, 5.74) is 5.72. The average molecular weight is 594 g/mol. The molecule has 43 heavy (non-hydrogen) atoms. The van der Waals surface area contributed by atoms with Gasteiger partial charge in [0.15, 0.2) is 5.78 Å². The summed E-state index contributed by atoms with van der Waals surface area (Å²) >= 11 is 0. The predicted molar refractivity (Wildman–Crippen MR) is 152 cm³/mol. The van der Waals surface area contributed by atoms with Crippen molar-refractivity contribution < 1.29 is 27.5 Å². The van der Waals surface area contributed by atoms with Crippen molar-refractivity contribution in [3.63, 3.8) is 0 Å². The van der Waals surface area contributed by atoms with Crippen LogP contribution in [-0.4, -0.2) is 57.3 Å². The molecule has 6 rings (SSSR count). The van der Waals surface area contributed by atoms with Crippen LogP contribution in [-0.2, 0) is 21.1 Å². The number of pyridine rings is 1. The van der Waals surface area contributed by atoms with Crippen LogP contribution in [0.15, 0.2) is 55.0 Å². The molecule has 1 amide bonds. The Hall–Kier alpha value is -4.36. The number of nitrogens with zero attached hydrogens (tertiary/aromatic N) is 4. The minimum absolute atomic E-state index is 0.0642. The molecule has 4 N–H and O–H groups in total. The number of ether oxygens (including phenoxy) is 1. The van der Waals surface area contributed by atoms with Crippen molar-refractivity contribution in [1.82, 2.24) is 24.7 Å². The van der Waals surface area contributed by atoms with Crippen LogP contribution in [0.1, 0.15) is 42.0 Å². The number of halogens is 3. The number of rotatable bonds is 6. The fourth-order valence-corrected chi connectivity index (χ4v) is 6.08. The van der Waals surface area contributed by atoms with Gasteiger partial charge in [-0.2, -0.15) is 13.2 Å². The number of fused-ring (bicyclic) bond motifs is 1. The number of carbonyl (C=O) groups excluding carboxylic acids is 2. The Kier molecular flexibility index (Phi) is 6.97. The SMILES string of the molecule is C[C@H]1CNC[C@@](C(=O)C2(C)COC2)(c2nc(-c3ccc(C(=O)Nc4cc(C(F)(F)F)ccn4)cc3)c3c(N)nccn23)C1. The second-order valence-corrected chi connectivity index (χ2v) is 11.7. The minimum Gasteiger partial charge on any atom is -0.382 e. The van der Waals surface area contributed by atoms with Gasteiger partial charge in [-0.05, 0) is 50.1 Å². The smallest absolute Gasteiger partial charge is 0.382 e. The molecule has 2 fully saturated rings. The van der Waals surface area contributed by atoms with Crippen molar-refractivity contribution in [2.24, 2.45) is 11.3 Å². The van der Waals surface area contributed by atoms with Gasteiger partial charge in [-0.1, -0.05) is 19.1 Å². The van der Waals surface area contributed by atoms with Gasteiger partial charge in [-0.15, -0.1) is 0 Å². The van der Waals surface area contributed by atoms with Crippen LogP contribution in [0, 0.1) is 11.3 Å². The summed E-state index contributed by atoms with van der Waals surface area (Å²) in [4.78, 5) is 40.2. The van der Waals surface area contributed by atoms with Gasteiger partial charge < -0.3 is 21.1 Å². The van der Waals surface area contributed by atoms with Crippen molar-refractivity contribution >= 4 is 28.8 Å². The van der Waals surface area contributed by atoms with E-state index in [2.05, 4.69) is 27.5 Å². The molecule has 224 valence electrons. The summed E-state index contributed by atoms with van der Waals surface area (Å²) in [6.07, 6.45) is 0.330. The molecule has 13 heteroatoms. The van der Waals surface area contributed by atoms with Crippen molar-refractivity contribution in [1.29, 1.82) is 0 Å². The summed E-state index contributed by atoms with van der Waals surface area (Å²) in [7, 11) is 0. The summed E-state index contributed by atoms with van der Waals surface area (Å²) in [5, 5.41) is 5.84. The van der Waals surface area contributed by atoms with Crippen molar-refractivity contribution in [3.05, 3.63) is 71.9 Å². The van der Waals surface area contributed by atoms with E-state index in [1.807, 2.05) is 11.3 Å². The maximum Gasteiger partial charge on any atom is 0.416 e. The summed E-state index contributed by atoms with van der Waals surface area (Å²) in [6, 6.07) is 8.02. The molecule has 0 spiro atoms. The molecule has 10 nitrogen and oxygen atoms in total. The lowest BCUT2D eigenvalue weighted by molar-refractivity contribution is -0.163. The third-order valence-electron chi connectivity index (χ3n) is 8.20. The Morgan fingerprint density at radius 1 is 1.14 bits per heavy atom. The molecule has 5 heterocycles. The molecule has 0 saturated carbocycles. The fourth-order valence-electron chi connectivity index (χ4n) is 6.08. The number of Topliss-reactive ketones (excluding diaryl/α,β-unsaturated/α-hetero) is 1. The monoisotopic (exact) mass is 593 g/mol. The predicted octanol–water partition coefficient (Wildman–Crippen LogP) is 4.12. The molecule has 3 aromatic heterocycles. The molecule has 0 bridgehead atoms. The molecule has 2 aliphatic heterocycles. The zero-order valence-electron chi connectivity index (χ0n) is 23.5. The van der Waals surface area contributed by atoms with Crippen molar-refractivity contribution in [3.8, 4) is 11.3 Å². The number of benzene rings is 1. The van der Waals surface area contributed by atoms with Gasteiger partial charge in [0.25, 0.3) is 5.91 Å². The van der Waals surface area contributed by atoms with Gasteiger partial charge in [0.2, 0.25) is 0 Å². The lowest BCUT2D eigenvalue weighted by Gasteiger charge is -2.46. The Bertz CT molecular complexity index is 1720. The van der Waals surface area contributed by atoms with E-state index < -0.39 is 28.5 Å². The first-order valence-electron chi connectivity index (χ1n) is 13.8. The molecular formula is C30H30F3N7O3. The highest BCUT2D eigenvalue weighted by Crippen LogP contribution is 2.44. The normalized spacial score (nSPS) is 21.7. The Balaban J connectivity index is 1.37. The number of nitrogens with one attached hydrogen (secondary N) is 2. The molecule has 2 aliphatic rings. The average Bonchev–Trinajstić information content (AvgIpc) is 3.37. The molecule has 4 aromatic rings. The van der Waals surface area contributed by atoms with E-state index in [1.54, 1.807) is 24.5 Å². The number of amides is 1. The van der Waals surface area contributed by atoms with Gasteiger partial charge in [0.1, 0.15) is 34.1 Å². The maximum absolute atomic E-state index is 14.3. The van der Waals surface area contributed by atoms with E-state index in [4.69, 9.17) is 15.5 Å². The number of alkyl halides is 3. The first-order chi connectivity index (χ1) is 20.4. The van der Waals surface area contributed by atoms with Crippen LogP contribution in [0.5, 0.6) is 0 Å². The van der Waals surface area contributed by atoms with Gasteiger partial charge in [-0.3, -0.25) is 14.0 Å². The molecule has 0 radical (unpaired) electrons. The first-order valence-corrected chi connectivity index (χ1v) is 13.8. The first kappa shape index (κ1) is 28.7.